The van der Waals surface area contributed by atoms with Gasteiger partial charge in [-0.1, -0.05) is 51.5 Å². The van der Waals surface area contributed by atoms with E-state index in [1.54, 1.807) is 12.1 Å². The Morgan fingerprint density at radius 1 is 1.20 bits per heavy atom. The number of phenols is 1. The van der Waals surface area contributed by atoms with Crippen molar-refractivity contribution >= 4 is 12.0 Å². The predicted octanol–water partition coefficient (Wildman–Crippen LogP) is 5.65. The van der Waals surface area contributed by atoms with Crippen molar-refractivity contribution in [2.45, 2.75) is 64.8 Å². The average Bonchev–Trinajstić information content (AvgIpc) is 3.12. The minimum Gasteiger partial charge on any atom is -0.508 e. The van der Waals surface area contributed by atoms with E-state index in [1.807, 2.05) is 19.1 Å². The van der Waals surface area contributed by atoms with Crippen molar-refractivity contribution in [3.63, 3.8) is 0 Å². The van der Waals surface area contributed by atoms with E-state index in [9.17, 15) is 9.90 Å². The van der Waals surface area contributed by atoms with E-state index in [1.165, 1.54) is 30.4 Å². The first kappa shape index (κ1) is 20.8. The minimum absolute atomic E-state index is 0.0921. The molecule has 0 radical (unpaired) electrons. The molecule has 1 unspecified atom stereocenters. The molecule has 4 heteroatoms. The van der Waals surface area contributed by atoms with Crippen LogP contribution in [0, 0.1) is 11.3 Å². The number of aromatic nitrogens is 1. The van der Waals surface area contributed by atoms with E-state index in [0.29, 0.717) is 18.9 Å². The number of rotatable bonds is 5. The van der Waals surface area contributed by atoms with E-state index in [4.69, 9.17) is 4.74 Å². The van der Waals surface area contributed by atoms with Gasteiger partial charge in [0.15, 0.2) is 0 Å². The molecule has 1 aromatic heterocycles. The summed E-state index contributed by atoms with van der Waals surface area (Å²) in [7, 11) is 0. The highest BCUT2D eigenvalue weighted by Crippen LogP contribution is 2.56. The van der Waals surface area contributed by atoms with Gasteiger partial charge in [-0.15, -0.1) is 0 Å². The number of benzene rings is 1. The van der Waals surface area contributed by atoms with Gasteiger partial charge in [-0.2, -0.15) is 0 Å². The SMILES string of the molecule is CCOC(=O)[C@@H](Cc1ccc(O)cc1)n1cc2c(c1)[C@@]1(C)CCCC(C)(C)C1C=C2. The fraction of sp³-hybridized carbons (Fsp3) is 0.500. The molecular weight excluding hydrogens is 374 g/mol. The monoisotopic (exact) mass is 407 g/mol. The van der Waals surface area contributed by atoms with Crippen molar-refractivity contribution in [2.24, 2.45) is 11.3 Å². The normalized spacial score (nSPS) is 25.3. The zero-order chi connectivity index (χ0) is 21.5. The van der Waals surface area contributed by atoms with Gasteiger partial charge in [0, 0.05) is 24.2 Å². The lowest BCUT2D eigenvalue weighted by atomic mass is 9.53. The van der Waals surface area contributed by atoms with Crippen LogP contribution in [0.3, 0.4) is 0 Å². The van der Waals surface area contributed by atoms with E-state index < -0.39 is 6.04 Å². The molecular formula is C26H33NO3. The Morgan fingerprint density at radius 2 is 1.93 bits per heavy atom. The number of carbonyl (C=O) groups is 1. The van der Waals surface area contributed by atoms with Crippen LogP contribution in [0.15, 0.2) is 42.7 Å². The highest BCUT2D eigenvalue weighted by molar-refractivity contribution is 5.75. The molecule has 3 atom stereocenters. The van der Waals surface area contributed by atoms with Crippen LogP contribution in [0.1, 0.15) is 69.7 Å². The summed E-state index contributed by atoms with van der Waals surface area (Å²) in [5.74, 6) is 0.514. The van der Waals surface area contributed by atoms with Gasteiger partial charge in [-0.05, 0) is 59.9 Å². The van der Waals surface area contributed by atoms with E-state index in [2.05, 4.69) is 49.9 Å². The van der Waals surface area contributed by atoms with Crippen LogP contribution < -0.4 is 0 Å². The molecule has 30 heavy (non-hydrogen) atoms. The predicted molar refractivity (Wildman–Crippen MR) is 119 cm³/mol. The van der Waals surface area contributed by atoms with Crippen molar-refractivity contribution in [3.8, 4) is 5.75 Å². The first-order chi connectivity index (χ1) is 14.2. The number of hydrogen-bond acceptors (Lipinski definition) is 3. The molecule has 1 fully saturated rings. The third-order valence-corrected chi connectivity index (χ3v) is 7.29. The second-order valence-corrected chi connectivity index (χ2v) is 9.81. The fourth-order valence-corrected chi connectivity index (χ4v) is 5.74. The van der Waals surface area contributed by atoms with Gasteiger partial charge < -0.3 is 14.4 Å². The first-order valence-corrected chi connectivity index (χ1v) is 11.1. The smallest absolute Gasteiger partial charge is 0.329 e. The third kappa shape index (κ3) is 3.57. The van der Waals surface area contributed by atoms with Gasteiger partial charge in [0.05, 0.1) is 6.61 Å². The van der Waals surface area contributed by atoms with Gasteiger partial charge >= 0.3 is 5.97 Å². The Morgan fingerprint density at radius 3 is 2.63 bits per heavy atom. The standard InChI is InChI=1S/C26H33NO3/c1-5-30-24(29)22(15-18-7-10-20(28)11-8-18)27-16-19-9-12-23-25(2,3)13-6-14-26(23,4)21(19)17-27/h7-12,16-17,22-23,28H,5-6,13-15H2,1-4H3/t22-,23?,26-/m1/s1. The number of ether oxygens (including phenoxy) is 1. The van der Waals surface area contributed by atoms with Crippen LogP contribution in [0.5, 0.6) is 5.75 Å². The van der Waals surface area contributed by atoms with Gasteiger partial charge in [0.2, 0.25) is 0 Å². The molecule has 2 aromatic rings. The molecule has 1 saturated carbocycles. The van der Waals surface area contributed by atoms with Crippen LogP contribution in [0.25, 0.3) is 6.08 Å². The summed E-state index contributed by atoms with van der Waals surface area (Å²) in [6.45, 7) is 9.36. The zero-order valence-corrected chi connectivity index (χ0v) is 18.5. The zero-order valence-electron chi connectivity index (χ0n) is 18.5. The van der Waals surface area contributed by atoms with Crippen molar-refractivity contribution in [1.29, 1.82) is 0 Å². The number of fused-ring (bicyclic) bond motifs is 3. The van der Waals surface area contributed by atoms with Crippen LogP contribution in [0.2, 0.25) is 0 Å². The molecule has 4 rings (SSSR count). The second-order valence-electron chi connectivity index (χ2n) is 9.81. The van der Waals surface area contributed by atoms with Crippen LogP contribution >= 0.6 is 0 Å². The summed E-state index contributed by atoms with van der Waals surface area (Å²) in [6.07, 6.45) is 13.1. The van der Waals surface area contributed by atoms with Gasteiger partial charge in [0.25, 0.3) is 0 Å². The molecule has 0 spiro atoms. The van der Waals surface area contributed by atoms with Gasteiger partial charge in [-0.3, -0.25) is 0 Å². The van der Waals surface area contributed by atoms with Gasteiger partial charge in [0.1, 0.15) is 11.8 Å². The first-order valence-electron chi connectivity index (χ1n) is 11.1. The molecule has 0 amide bonds. The highest BCUT2D eigenvalue weighted by atomic mass is 16.5. The van der Waals surface area contributed by atoms with Crippen molar-refractivity contribution in [2.75, 3.05) is 6.61 Å². The Balaban J connectivity index is 1.71. The topological polar surface area (TPSA) is 51.5 Å². The minimum atomic E-state index is -0.424. The summed E-state index contributed by atoms with van der Waals surface area (Å²) in [6, 6.07) is 6.64. The van der Waals surface area contributed by atoms with Crippen LogP contribution in [0.4, 0.5) is 0 Å². The second kappa shape index (κ2) is 7.64. The lowest BCUT2D eigenvalue weighted by Gasteiger charge is -2.51. The maximum Gasteiger partial charge on any atom is 0.329 e. The number of esters is 1. The summed E-state index contributed by atoms with van der Waals surface area (Å²) in [4.78, 5) is 12.9. The molecule has 1 N–H and O–H groups in total. The molecule has 4 nitrogen and oxygen atoms in total. The maximum atomic E-state index is 12.9. The van der Waals surface area contributed by atoms with E-state index in [-0.39, 0.29) is 22.5 Å². The largest absolute Gasteiger partial charge is 0.508 e. The van der Waals surface area contributed by atoms with Crippen molar-refractivity contribution < 1.29 is 14.6 Å². The number of aromatic hydroxyl groups is 1. The molecule has 160 valence electrons. The molecule has 0 aliphatic heterocycles. The lowest BCUT2D eigenvalue weighted by Crippen LogP contribution is -2.45. The number of phenolic OH excluding ortho intramolecular Hbond substituents is 1. The molecule has 0 bridgehead atoms. The van der Waals surface area contributed by atoms with E-state index in [0.717, 1.165) is 5.56 Å². The molecule has 2 aliphatic rings. The molecule has 2 aliphatic carbocycles. The lowest BCUT2D eigenvalue weighted by molar-refractivity contribution is -0.147. The highest BCUT2D eigenvalue weighted by Gasteiger charge is 2.48. The number of hydrogen-bond donors (Lipinski definition) is 1. The Labute approximate surface area is 179 Å². The Kier molecular flexibility index (Phi) is 5.29. The van der Waals surface area contributed by atoms with Crippen molar-refractivity contribution in [3.05, 3.63) is 59.4 Å². The van der Waals surface area contributed by atoms with Gasteiger partial charge in [-0.25, -0.2) is 4.79 Å². The number of nitrogens with zero attached hydrogens (tertiary/aromatic N) is 1. The Hall–Kier alpha value is -2.49. The molecule has 1 heterocycles. The number of carbonyl (C=O) groups excluding carboxylic acids is 1. The summed E-state index contributed by atoms with van der Waals surface area (Å²) >= 11 is 0. The average molecular weight is 408 g/mol. The molecule has 1 aromatic carbocycles. The quantitative estimate of drug-likeness (QED) is 0.652. The van der Waals surface area contributed by atoms with E-state index >= 15 is 0 Å². The van der Waals surface area contributed by atoms with Crippen molar-refractivity contribution in [1.82, 2.24) is 4.57 Å². The van der Waals surface area contributed by atoms with Crippen LogP contribution in [-0.4, -0.2) is 22.2 Å². The third-order valence-electron chi connectivity index (χ3n) is 7.29. The molecule has 0 saturated heterocycles. The maximum absolute atomic E-state index is 12.9. The summed E-state index contributed by atoms with van der Waals surface area (Å²) in [5.41, 5.74) is 3.93. The number of allylic oxidation sites excluding steroid dienone is 1. The van der Waals surface area contributed by atoms with Crippen LogP contribution in [-0.2, 0) is 21.4 Å². The summed E-state index contributed by atoms with van der Waals surface area (Å²) in [5, 5.41) is 9.59. The fourth-order valence-electron chi connectivity index (χ4n) is 5.74. The summed E-state index contributed by atoms with van der Waals surface area (Å²) < 4.78 is 7.47. The Bertz CT molecular complexity index is 953.